The minimum atomic E-state index is 0.481. The highest BCUT2D eigenvalue weighted by Crippen LogP contribution is 2.22. The van der Waals surface area contributed by atoms with Gasteiger partial charge in [0.2, 0.25) is 0 Å². The lowest BCUT2D eigenvalue weighted by Gasteiger charge is -2.16. The Labute approximate surface area is 114 Å². The molecule has 0 amide bonds. The Morgan fingerprint density at radius 2 is 1.89 bits per heavy atom. The summed E-state index contributed by atoms with van der Waals surface area (Å²) in [5.41, 5.74) is 5.41. The second kappa shape index (κ2) is 5.45. The highest BCUT2D eigenvalue weighted by Gasteiger charge is 2.16. The second-order valence-corrected chi connectivity index (χ2v) is 5.26. The van der Waals surface area contributed by atoms with Crippen LogP contribution >= 0.6 is 0 Å². The maximum absolute atomic E-state index is 3.65. The van der Waals surface area contributed by atoms with E-state index in [1.54, 1.807) is 0 Å². The van der Waals surface area contributed by atoms with E-state index >= 15 is 0 Å². The third-order valence-corrected chi connectivity index (χ3v) is 3.79. The van der Waals surface area contributed by atoms with Gasteiger partial charge in [-0.05, 0) is 30.0 Å². The quantitative estimate of drug-likeness (QED) is 0.858. The smallest absolute Gasteiger partial charge is 0.0416 e. The molecule has 2 N–H and O–H groups in total. The van der Waals surface area contributed by atoms with Crippen molar-refractivity contribution in [3.8, 4) is 0 Å². The summed E-state index contributed by atoms with van der Waals surface area (Å²) < 4.78 is 0. The van der Waals surface area contributed by atoms with E-state index < -0.39 is 0 Å². The van der Waals surface area contributed by atoms with Gasteiger partial charge in [0.1, 0.15) is 0 Å². The number of hydrogen-bond donors (Lipinski definition) is 2. The zero-order valence-electron chi connectivity index (χ0n) is 11.3. The molecule has 2 nitrogen and oxygen atoms in total. The van der Waals surface area contributed by atoms with Gasteiger partial charge in [-0.25, -0.2) is 0 Å². The number of anilines is 1. The van der Waals surface area contributed by atoms with Gasteiger partial charge in [0.25, 0.3) is 0 Å². The fraction of sp³-hybridized carbons (Fsp3) is 0.294. The van der Waals surface area contributed by atoms with Crippen LogP contribution in [-0.4, -0.2) is 12.6 Å². The average molecular weight is 252 g/mol. The zero-order valence-corrected chi connectivity index (χ0v) is 11.3. The van der Waals surface area contributed by atoms with Crippen LogP contribution in [-0.2, 0) is 13.0 Å². The molecule has 0 aliphatic carbocycles. The summed E-state index contributed by atoms with van der Waals surface area (Å²) in [5, 5.41) is 7.25. The zero-order chi connectivity index (χ0) is 13.1. The summed E-state index contributed by atoms with van der Waals surface area (Å²) in [6.07, 6.45) is 1.07. The number of fused-ring (bicyclic) bond motifs is 1. The lowest BCUT2D eigenvalue weighted by Crippen LogP contribution is -2.34. The van der Waals surface area contributed by atoms with Crippen molar-refractivity contribution in [2.75, 3.05) is 11.9 Å². The topological polar surface area (TPSA) is 24.1 Å². The Morgan fingerprint density at radius 1 is 1.05 bits per heavy atom. The van der Waals surface area contributed by atoms with Gasteiger partial charge in [-0.1, -0.05) is 48.5 Å². The largest absolute Gasteiger partial charge is 0.383 e. The van der Waals surface area contributed by atoms with Gasteiger partial charge >= 0.3 is 0 Å². The number of para-hydroxylation sites is 1. The Bertz CT molecular complexity index is 548. The normalized spacial score (nSPS) is 18.3. The fourth-order valence-electron chi connectivity index (χ4n) is 2.72. The maximum atomic E-state index is 3.65. The lowest BCUT2D eigenvalue weighted by atomic mass is 10.1. The Balaban J connectivity index is 1.72. The van der Waals surface area contributed by atoms with E-state index in [-0.39, 0.29) is 0 Å². The van der Waals surface area contributed by atoms with Gasteiger partial charge in [-0.2, -0.15) is 0 Å². The molecule has 1 aliphatic rings. The molecule has 2 heteroatoms. The first kappa shape index (κ1) is 12.2. The third kappa shape index (κ3) is 2.79. The number of aryl methyl sites for hydroxylation is 1. The van der Waals surface area contributed by atoms with Crippen molar-refractivity contribution in [1.29, 1.82) is 0 Å². The molecule has 2 aromatic carbocycles. The minimum absolute atomic E-state index is 0.481. The van der Waals surface area contributed by atoms with E-state index in [1.165, 1.54) is 22.4 Å². The van der Waals surface area contributed by atoms with Crippen molar-refractivity contribution < 1.29 is 0 Å². The van der Waals surface area contributed by atoms with E-state index in [0.29, 0.717) is 6.04 Å². The molecule has 1 unspecified atom stereocenters. The van der Waals surface area contributed by atoms with Crippen molar-refractivity contribution in [2.45, 2.75) is 25.9 Å². The molecule has 0 aromatic heterocycles. The van der Waals surface area contributed by atoms with Crippen LogP contribution in [0.2, 0.25) is 0 Å². The Hall–Kier alpha value is -1.80. The lowest BCUT2D eigenvalue weighted by molar-refractivity contribution is 0.537. The van der Waals surface area contributed by atoms with Gasteiger partial charge in [0.15, 0.2) is 0 Å². The van der Waals surface area contributed by atoms with E-state index in [2.05, 4.69) is 66.1 Å². The molecule has 0 bridgehead atoms. The molecule has 98 valence electrons. The van der Waals surface area contributed by atoms with Crippen molar-refractivity contribution in [2.24, 2.45) is 0 Å². The van der Waals surface area contributed by atoms with Gasteiger partial charge in [-0.3, -0.25) is 0 Å². The monoisotopic (exact) mass is 252 g/mol. The van der Waals surface area contributed by atoms with Crippen LogP contribution in [0, 0.1) is 6.92 Å². The van der Waals surface area contributed by atoms with Gasteiger partial charge < -0.3 is 10.6 Å². The molecular formula is C17H20N2. The summed E-state index contributed by atoms with van der Waals surface area (Å²) >= 11 is 0. The van der Waals surface area contributed by atoms with Crippen LogP contribution in [0.25, 0.3) is 0 Å². The van der Waals surface area contributed by atoms with Crippen molar-refractivity contribution >= 4 is 5.69 Å². The van der Waals surface area contributed by atoms with Gasteiger partial charge in [-0.15, -0.1) is 0 Å². The molecule has 0 saturated carbocycles. The number of hydrogen-bond acceptors (Lipinski definition) is 2. The highest BCUT2D eigenvalue weighted by molar-refractivity contribution is 5.58. The summed E-state index contributed by atoms with van der Waals surface area (Å²) in [4.78, 5) is 0. The van der Waals surface area contributed by atoms with Gasteiger partial charge in [0.05, 0.1) is 0 Å². The van der Waals surface area contributed by atoms with Crippen LogP contribution in [0.5, 0.6) is 0 Å². The third-order valence-electron chi connectivity index (χ3n) is 3.79. The molecule has 3 rings (SSSR count). The Kier molecular flexibility index (Phi) is 3.51. The van der Waals surface area contributed by atoms with Crippen LogP contribution in [0.15, 0.2) is 48.5 Å². The molecular weight excluding hydrogens is 232 g/mol. The molecule has 1 atom stereocenters. The van der Waals surface area contributed by atoms with Crippen molar-refractivity contribution in [3.05, 3.63) is 65.2 Å². The molecule has 0 spiro atoms. The predicted molar refractivity (Wildman–Crippen MR) is 80.4 cm³/mol. The molecule has 0 radical (unpaired) electrons. The number of rotatable bonds is 2. The number of benzene rings is 2. The molecule has 1 aliphatic heterocycles. The summed E-state index contributed by atoms with van der Waals surface area (Å²) in [7, 11) is 0. The first-order valence-electron chi connectivity index (χ1n) is 6.92. The van der Waals surface area contributed by atoms with Crippen LogP contribution in [0.1, 0.15) is 16.7 Å². The number of nitrogens with one attached hydrogen (secondary N) is 2. The van der Waals surface area contributed by atoms with Crippen LogP contribution in [0.3, 0.4) is 0 Å². The molecule has 0 fully saturated rings. The molecule has 1 heterocycles. The first-order chi connectivity index (χ1) is 9.33. The first-order valence-corrected chi connectivity index (χ1v) is 6.92. The molecule has 0 saturated heterocycles. The summed E-state index contributed by atoms with van der Waals surface area (Å²) in [5.74, 6) is 0. The molecule has 19 heavy (non-hydrogen) atoms. The standard InChI is InChI=1S/C17H20N2/c1-13-6-5-9-15-11-18-16(12-19-17(13)15)10-14-7-3-2-4-8-14/h2-9,16,18-19H,10-12H2,1H3. The maximum Gasteiger partial charge on any atom is 0.0416 e. The van der Waals surface area contributed by atoms with Crippen LogP contribution in [0.4, 0.5) is 5.69 Å². The Morgan fingerprint density at radius 3 is 2.74 bits per heavy atom. The molecule has 2 aromatic rings. The van der Waals surface area contributed by atoms with E-state index in [4.69, 9.17) is 0 Å². The van der Waals surface area contributed by atoms with Gasteiger partial charge in [0, 0.05) is 24.8 Å². The second-order valence-electron chi connectivity index (χ2n) is 5.26. The van der Waals surface area contributed by atoms with E-state index in [0.717, 1.165) is 19.5 Å². The fourth-order valence-corrected chi connectivity index (χ4v) is 2.72. The van der Waals surface area contributed by atoms with Crippen molar-refractivity contribution in [1.82, 2.24) is 5.32 Å². The van der Waals surface area contributed by atoms with E-state index in [9.17, 15) is 0 Å². The van der Waals surface area contributed by atoms with Crippen molar-refractivity contribution in [3.63, 3.8) is 0 Å². The SMILES string of the molecule is Cc1cccc2c1NCC(Cc1ccccc1)NC2. The average Bonchev–Trinajstić information content (AvgIpc) is 2.64. The van der Waals surface area contributed by atoms with Crippen LogP contribution < -0.4 is 10.6 Å². The summed E-state index contributed by atoms with van der Waals surface area (Å²) in [6.45, 7) is 4.09. The summed E-state index contributed by atoms with van der Waals surface area (Å²) in [6, 6.07) is 17.7. The van der Waals surface area contributed by atoms with E-state index in [1.807, 2.05) is 0 Å². The highest BCUT2D eigenvalue weighted by atomic mass is 15.0. The minimum Gasteiger partial charge on any atom is -0.383 e. The predicted octanol–water partition coefficient (Wildman–Crippen LogP) is 3.12.